The Morgan fingerprint density at radius 2 is 1.82 bits per heavy atom. The second-order valence-corrected chi connectivity index (χ2v) is 7.80. The number of carbonyl (C=O) groups is 1. The maximum Gasteiger partial charge on any atom is 0.397 e. The molecule has 0 aliphatic carbocycles. The maximum atomic E-state index is 11.9. The van der Waals surface area contributed by atoms with Crippen LogP contribution in [0.25, 0.3) is 0 Å². The highest BCUT2D eigenvalue weighted by Gasteiger charge is 2.52. The van der Waals surface area contributed by atoms with E-state index in [0.717, 1.165) is 0 Å². The van der Waals surface area contributed by atoms with Crippen LogP contribution in [0.3, 0.4) is 0 Å². The average molecular weight is 499 g/mol. The summed E-state index contributed by atoms with van der Waals surface area (Å²) in [5, 5.41) is 2.56. The van der Waals surface area contributed by atoms with Crippen LogP contribution >= 0.6 is 0 Å². The summed E-state index contributed by atoms with van der Waals surface area (Å²) in [7, 11) is -2.13. The number of hydrogen-bond acceptors (Lipinski definition) is 10. The Kier molecular flexibility index (Phi) is 10.4. The van der Waals surface area contributed by atoms with Crippen LogP contribution in [0.4, 0.5) is 0 Å². The fourth-order valence-electron chi connectivity index (χ4n) is 3.04. The minimum Gasteiger partial charge on any atom is -0.497 e. The van der Waals surface area contributed by atoms with Gasteiger partial charge in [0.25, 0.3) is 0 Å². The average Bonchev–Trinajstić information content (AvgIpc) is 2.77. The number of benzene rings is 1. The van der Waals surface area contributed by atoms with Crippen LogP contribution in [0.2, 0.25) is 0 Å². The molecule has 2 N–H and O–H groups in total. The Morgan fingerprint density at radius 3 is 2.38 bits per heavy atom. The molecule has 5 atom stereocenters. The van der Waals surface area contributed by atoms with Gasteiger partial charge in [-0.05, 0) is 37.1 Å². The van der Waals surface area contributed by atoms with Crippen molar-refractivity contribution in [3.05, 3.63) is 24.3 Å². The largest absolute Gasteiger partial charge is 0.497 e. The van der Waals surface area contributed by atoms with Gasteiger partial charge in [-0.1, -0.05) is 5.92 Å². The third kappa shape index (κ3) is 8.39. The van der Waals surface area contributed by atoms with Crippen LogP contribution in [-0.2, 0) is 38.6 Å². The van der Waals surface area contributed by atoms with Crippen LogP contribution in [0.15, 0.2) is 24.3 Å². The monoisotopic (exact) mass is 499 g/mol. The van der Waals surface area contributed by atoms with Gasteiger partial charge in [-0.25, -0.2) is 4.18 Å². The Morgan fingerprint density at radius 1 is 1.15 bits per heavy atom. The van der Waals surface area contributed by atoms with E-state index in [4.69, 9.17) is 32.9 Å². The fraction of sp³-hybridized carbons (Fsp3) is 0.476. The molecule has 1 aliphatic heterocycles. The molecule has 0 bridgehead atoms. The predicted octanol–water partition coefficient (Wildman–Crippen LogP) is 0.439. The molecule has 0 saturated carbocycles. The van der Waals surface area contributed by atoms with E-state index >= 15 is 0 Å². The molecule has 1 heterocycles. The van der Waals surface area contributed by atoms with E-state index in [1.54, 1.807) is 31.2 Å². The van der Waals surface area contributed by atoms with Crippen molar-refractivity contribution < 1.29 is 50.7 Å². The molecule has 0 aromatic heterocycles. The summed E-state index contributed by atoms with van der Waals surface area (Å²) >= 11 is 0. The second kappa shape index (κ2) is 13.0. The van der Waals surface area contributed by atoms with Crippen molar-refractivity contribution in [2.45, 2.75) is 44.5 Å². The minimum atomic E-state index is -4.98. The molecular weight excluding hydrogens is 474 g/mol. The molecule has 186 valence electrons. The zero-order chi connectivity index (χ0) is 25.1. The number of carbonyl (C=O) groups excluding carboxylic acids is 1. The Hall–Kier alpha value is -3.04. The van der Waals surface area contributed by atoms with Crippen molar-refractivity contribution >= 4 is 16.3 Å². The van der Waals surface area contributed by atoms with E-state index in [9.17, 15) is 17.8 Å². The normalized spacial score (nSPS) is 24.0. The number of rotatable bonds is 10. The summed E-state index contributed by atoms with van der Waals surface area (Å²) < 4.78 is 59.1. The highest BCUT2D eigenvalue weighted by Crippen LogP contribution is 2.30. The van der Waals surface area contributed by atoms with E-state index in [1.165, 1.54) is 21.1 Å². The van der Waals surface area contributed by atoms with Crippen LogP contribution < -0.4 is 14.8 Å². The van der Waals surface area contributed by atoms with Gasteiger partial charge in [-0.15, -0.1) is 0 Å². The molecule has 1 aromatic carbocycles. The number of methoxy groups -OCH3 is 2. The van der Waals surface area contributed by atoms with Crippen LogP contribution in [0.5, 0.6) is 11.5 Å². The minimum absolute atomic E-state index is 0.192. The summed E-state index contributed by atoms with van der Waals surface area (Å²) in [5.41, 5.74) is 0. The topological polar surface area (TPSA) is 148 Å². The smallest absolute Gasteiger partial charge is 0.397 e. The Labute approximate surface area is 197 Å². The van der Waals surface area contributed by atoms with E-state index in [1.807, 2.05) is 0 Å². The first-order valence-corrected chi connectivity index (χ1v) is 11.2. The molecule has 0 spiro atoms. The molecule has 1 aliphatic rings. The van der Waals surface area contributed by atoms with Crippen molar-refractivity contribution in [3.63, 3.8) is 0 Å². The Balaban J connectivity index is 2.43. The van der Waals surface area contributed by atoms with Crippen LogP contribution in [0, 0.1) is 23.9 Å². The number of ether oxygens (including phenoxy) is 4. The summed E-state index contributed by atoms with van der Waals surface area (Å²) in [5.74, 6) is 7.69. The quantitative estimate of drug-likeness (QED) is 0.200. The molecule has 2 rings (SSSR count). The van der Waals surface area contributed by atoms with Gasteiger partial charge in [0, 0.05) is 20.0 Å². The fourth-order valence-corrected chi connectivity index (χ4v) is 3.55. The summed E-state index contributed by atoms with van der Waals surface area (Å²) in [4.78, 5) is 22.1. The molecule has 1 amide bonds. The van der Waals surface area contributed by atoms with Crippen molar-refractivity contribution in [1.82, 2.24) is 5.32 Å². The summed E-state index contributed by atoms with van der Waals surface area (Å²) in [6.45, 7) is 2.59. The van der Waals surface area contributed by atoms with Crippen molar-refractivity contribution in [2.75, 3.05) is 20.8 Å². The predicted molar refractivity (Wildman–Crippen MR) is 115 cm³/mol. The summed E-state index contributed by atoms with van der Waals surface area (Å²) in [6.07, 6.45) is -3.13. The lowest BCUT2D eigenvalue weighted by molar-refractivity contribution is -0.340. The van der Waals surface area contributed by atoms with E-state index in [0.29, 0.717) is 11.5 Å². The van der Waals surface area contributed by atoms with Gasteiger partial charge in [0.05, 0.1) is 13.7 Å². The Bertz CT molecular complexity index is 1040. The van der Waals surface area contributed by atoms with Crippen LogP contribution in [-0.4, -0.2) is 70.3 Å². The zero-order valence-electron chi connectivity index (χ0n) is 18.8. The lowest BCUT2D eigenvalue weighted by Crippen LogP contribution is -2.67. The maximum absolute atomic E-state index is 11.9. The lowest BCUT2D eigenvalue weighted by atomic mass is 9.96. The van der Waals surface area contributed by atoms with E-state index in [-0.39, 0.29) is 6.61 Å². The third-order valence-electron chi connectivity index (χ3n) is 4.33. The first kappa shape index (κ1) is 27.2. The molecule has 1 aromatic rings. The first-order chi connectivity index (χ1) is 16.2. The number of amides is 1. The van der Waals surface area contributed by atoms with Gasteiger partial charge in [-0.3, -0.25) is 14.2 Å². The number of hydrogen-bond donors (Lipinski definition) is 2. The highest BCUT2D eigenvalue weighted by atomic mass is 32.3. The number of nitrogens with one attached hydrogen (secondary N) is 1. The van der Waals surface area contributed by atoms with Gasteiger partial charge in [-0.2, -0.15) is 13.3 Å². The third-order valence-corrected chi connectivity index (χ3v) is 4.80. The lowest BCUT2D eigenvalue weighted by Gasteiger charge is -2.43. The highest BCUT2D eigenvalue weighted by molar-refractivity contribution is 7.80. The molecule has 1 saturated heterocycles. The second-order valence-electron chi connectivity index (χ2n) is 6.75. The van der Waals surface area contributed by atoms with Gasteiger partial charge in [0.2, 0.25) is 12.2 Å². The van der Waals surface area contributed by atoms with Crippen molar-refractivity contribution in [3.8, 4) is 35.4 Å². The SMILES string of the molecule is CC#CC#COO[C@@H]1C(NC(C)=O)[C@@H](Oc2ccc(OC)cc2)OC(COC)[C@@H]1OS(=O)(=O)O. The molecule has 34 heavy (non-hydrogen) atoms. The zero-order valence-corrected chi connectivity index (χ0v) is 19.7. The van der Waals surface area contributed by atoms with Crippen molar-refractivity contribution in [1.29, 1.82) is 0 Å². The molecule has 12 nitrogen and oxygen atoms in total. The summed E-state index contributed by atoms with van der Waals surface area (Å²) in [6, 6.07) is 5.30. The van der Waals surface area contributed by atoms with Gasteiger partial charge < -0.3 is 24.3 Å². The van der Waals surface area contributed by atoms with Gasteiger partial charge in [0.15, 0.2) is 12.2 Å². The standard InChI is InChI=1S/C21H25NO11S/c1-5-6-7-12-29-32-20-18(22-14(2)23)21(30-16-10-8-15(28-4)9-11-16)31-17(13-27-3)19(20)33-34(24,25)26/h8-11,17-21H,13H2,1-4H3,(H,22,23)(H,24,25,26)/t17?,18?,19-,20+,21-/m0/s1. The van der Waals surface area contributed by atoms with E-state index in [2.05, 4.69) is 29.2 Å². The molecule has 1 fully saturated rings. The first-order valence-electron chi connectivity index (χ1n) is 9.80. The molecular formula is C21H25NO11S. The van der Waals surface area contributed by atoms with Gasteiger partial charge in [0.1, 0.15) is 29.7 Å². The molecule has 2 unspecified atom stereocenters. The van der Waals surface area contributed by atoms with Gasteiger partial charge >= 0.3 is 10.4 Å². The van der Waals surface area contributed by atoms with Crippen LogP contribution in [0.1, 0.15) is 13.8 Å². The van der Waals surface area contributed by atoms with E-state index < -0.39 is 46.9 Å². The van der Waals surface area contributed by atoms with Crippen molar-refractivity contribution in [2.24, 2.45) is 0 Å². The molecule has 13 heteroatoms. The molecule has 0 radical (unpaired) electrons.